The lowest BCUT2D eigenvalue weighted by molar-refractivity contribution is -0.127. The number of fused-ring (bicyclic) bond motifs is 2. The minimum Gasteiger partial charge on any atom is -0.371 e. The maximum absolute atomic E-state index is 11.8. The first-order chi connectivity index (χ1) is 9.76. The Labute approximate surface area is 120 Å². The van der Waals surface area contributed by atoms with E-state index in [0.29, 0.717) is 0 Å². The molecule has 1 N–H and O–H groups in total. The zero-order valence-corrected chi connectivity index (χ0v) is 11.9. The third-order valence-electron chi connectivity index (χ3n) is 4.38. The lowest BCUT2D eigenvalue weighted by Crippen LogP contribution is -2.45. The summed E-state index contributed by atoms with van der Waals surface area (Å²) in [4.78, 5) is 14.3. The molecule has 2 aliphatic heterocycles. The van der Waals surface area contributed by atoms with E-state index in [0.717, 1.165) is 32.5 Å². The Hall–Kier alpha value is -1.39. The quantitative estimate of drug-likeness (QED) is 0.893. The lowest BCUT2D eigenvalue weighted by Gasteiger charge is -2.32. The van der Waals surface area contributed by atoms with Gasteiger partial charge in [0.05, 0.1) is 18.1 Å². The van der Waals surface area contributed by atoms with E-state index in [2.05, 4.69) is 34.5 Å². The lowest BCUT2D eigenvalue weighted by atomic mass is 10.00. The average Bonchev–Trinajstić information content (AvgIpc) is 2.80. The van der Waals surface area contributed by atoms with Crippen LogP contribution in [0.1, 0.15) is 12.0 Å². The van der Waals surface area contributed by atoms with Crippen molar-refractivity contribution in [3.63, 3.8) is 0 Å². The van der Waals surface area contributed by atoms with Crippen LogP contribution >= 0.6 is 0 Å². The summed E-state index contributed by atoms with van der Waals surface area (Å²) in [5.74, 6) is 0.161. The molecule has 0 radical (unpaired) electrons. The fourth-order valence-corrected chi connectivity index (χ4v) is 3.31. The molecule has 2 fully saturated rings. The summed E-state index contributed by atoms with van der Waals surface area (Å²) in [7, 11) is 1.71. The number of morpholine rings is 1. The van der Waals surface area contributed by atoms with Crippen LogP contribution in [0, 0.1) is 5.92 Å². The molecular formula is C16H22N2O2. The highest BCUT2D eigenvalue weighted by molar-refractivity contribution is 5.79. The first-order valence-electron chi connectivity index (χ1n) is 7.39. The van der Waals surface area contributed by atoms with Crippen LogP contribution in [0.3, 0.4) is 0 Å². The van der Waals surface area contributed by atoms with Crippen LogP contribution in [0.25, 0.3) is 0 Å². The van der Waals surface area contributed by atoms with Crippen molar-refractivity contribution in [2.24, 2.45) is 5.92 Å². The third kappa shape index (κ3) is 2.86. The number of hydrogen-bond donors (Lipinski definition) is 1. The monoisotopic (exact) mass is 274 g/mol. The molecule has 3 atom stereocenters. The molecule has 2 saturated heterocycles. The van der Waals surface area contributed by atoms with Crippen molar-refractivity contribution in [2.75, 3.05) is 26.7 Å². The van der Waals surface area contributed by atoms with Gasteiger partial charge < -0.3 is 10.1 Å². The van der Waals surface area contributed by atoms with Gasteiger partial charge in [-0.15, -0.1) is 0 Å². The number of nitrogens with one attached hydrogen (secondary N) is 1. The van der Waals surface area contributed by atoms with E-state index >= 15 is 0 Å². The Kier molecular flexibility index (Phi) is 4.03. The van der Waals surface area contributed by atoms with Crippen LogP contribution in [-0.2, 0) is 16.0 Å². The van der Waals surface area contributed by atoms with Crippen molar-refractivity contribution in [1.29, 1.82) is 0 Å². The Bertz CT molecular complexity index is 463. The summed E-state index contributed by atoms with van der Waals surface area (Å²) >= 11 is 0. The van der Waals surface area contributed by atoms with Crippen LogP contribution in [-0.4, -0.2) is 49.7 Å². The van der Waals surface area contributed by atoms with E-state index in [1.807, 2.05) is 6.07 Å². The second-order valence-corrected chi connectivity index (χ2v) is 5.75. The van der Waals surface area contributed by atoms with Gasteiger partial charge in [0.25, 0.3) is 0 Å². The number of carbonyl (C=O) groups excluding carboxylic acids is 1. The number of hydrogen-bond acceptors (Lipinski definition) is 3. The summed E-state index contributed by atoms with van der Waals surface area (Å²) in [5, 5.41) is 2.75. The maximum atomic E-state index is 11.8. The van der Waals surface area contributed by atoms with Gasteiger partial charge >= 0.3 is 0 Å². The molecule has 0 saturated carbocycles. The molecule has 4 nitrogen and oxygen atoms in total. The number of benzene rings is 1. The summed E-state index contributed by atoms with van der Waals surface area (Å²) in [6, 6.07) is 10.6. The molecule has 4 heteroatoms. The second kappa shape index (κ2) is 5.94. The molecular weight excluding hydrogens is 252 g/mol. The predicted octanol–water partition coefficient (Wildman–Crippen LogP) is 1.06. The molecule has 108 valence electrons. The van der Waals surface area contributed by atoms with Crippen molar-refractivity contribution in [2.45, 2.75) is 25.0 Å². The fourth-order valence-electron chi connectivity index (χ4n) is 3.31. The Morgan fingerprint density at radius 3 is 2.90 bits per heavy atom. The number of rotatable bonds is 4. The van der Waals surface area contributed by atoms with Crippen LogP contribution in [0.15, 0.2) is 30.3 Å². The van der Waals surface area contributed by atoms with Crippen LogP contribution in [0.4, 0.5) is 0 Å². The van der Waals surface area contributed by atoms with Crippen LogP contribution in [0.5, 0.6) is 0 Å². The van der Waals surface area contributed by atoms with Gasteiger partial charge in [-0.2, -0.15) is 0 Å². The van der Waals surface area contributed by atoms with Crippen molar-refractivity contribution < 1.29 is 9.53 Å². The van der Waals surface area contributed by atoms with Crippen molar-refractivity contribution in [3.8, 4) is 0 Å². The molecule has 0 aliphatic carbocycles. The van der Waals surface area contributed by atoms with Crippen LogP contribution < -0.4 is 5.32 Å². The molecule has 3 rings (SSSR count). The van der Waals surface area contributed by atoms with Gasteiger partial charge in [-0.3, -0.25) is 9.69 Å². The number of likely N-dealkylation sites (tertiary alicyclic amines) is 1. The van der Waals surface area contributed by atoms with E-state index in [-0.39, 0.29) is 24.0 Å². The smallest absolute Gasteiger partial charge is 0.225 e. The molecule has 20 heavy (non-hydrogen) atoms. The highest BCUT2D eigenvalue weighted by Gasteiger charge is 2.44. The molecule has 0 aromatic heterocycles. The van der Waals surface area contributed by atoms with E-state index < -0.39 is 0 Å². The zero-order chi connectivity index (χ0) is 13.9. The molecule has 2 heterocycles. The van der Waals surface area contributed by atoms with E-state index in [1.54, 1.807) is 7.05 Å². The first kappa shape index (κ1) is 13.6. The van der Waals surface area contributed by atoms with Gasteiger partial charge in [-0.1, -0.05) is 30.3 Å². The normalized spacial score (nSPS) is 29.4. The van der Waals surface area contributed by atoms with Gasteiger partial charge in [0.15, 0.2) is 0 Å². The summed E-state index contributed by atoms with van der Waals surface area (Å²) < 4.78 is 5.91. The third-order valence-corrected chi connectivity index (χ3v) is 4.38. The van der Waals surface area contributed by atoms with E-state index in [1.165, 1.54) is 5.56 Å². The first-order valence-corrected chi connectivity index (χ1v) is 7.39. The van der Waals surface area contributed by atoms with Gasteiger partial charge in [0.2, 0.25) is 5.91 Å². The Balaban J connectivity index is 1.55. The fraction of sp³-hybridized carbons (Fsp3) is 0.562. The molecule has 1 aromatic carbocycles. The number of nitrogens with zero attached hydrogens (tertiary/aromatic N) is 1. The summed E-state index contributed by atoms with van der Waals surface area (Å²) in [6.45, 7) is 2.87. The van der Waals surface area contributed by atoms with Crippen molar-refractivity contribution in [1.82, 2.24) is 10.2 Å². The summed E-state index contributed by atoms with van der Waals surface area (Å²) in [6.07, 6.45) is 2.23. The van der Waals surface area contributed by atoms with E-state index in [9.17, 15) is 4.79 Å². The van der Waals surface area contributed by atoms with E-state index in [4.69, 9.17) is 4.74 Å². The van der Waals surface area contributed by atoms with Crippen molar-refractivity contribution >= 4 is 5.91 Å². The largest absolute Gasteiger partial charge is 0.371 e. The minimum atomic E-state index is 0.0340. The Morgan fingerprint density at radius 1 is 1.35 bits per heavy atom. The second-order valence-electron chi connectivity index (χ2n) is 5.75. The Morgan fingerprint density at radius 2 is 2.15 bits per heavy atom. The number of ether oxygens (including phenoxy) is 1. The number of carbonyl (C=O) groups is 1. The molecule has 0 unspecified atom stereocenters. The average molecular weight is 274 g/mol. The molecule has 1 aromatic rings. The standard InChI is InChI=1S/C16H22N2O2/c1-17-16(19)14-9-13-10-18(11-15(14)20-13)8-7-12-5-3-2-4-6-12/h2-6,13-15H,7-11H2,1H3,(H,17,19)/t13-,14+,15+/m0/s1. The zero-order valence-electron chi connectivity index (χ0n) is 11.9. The molecule has 1 amide bonds. The predicted molar refractivity (Wildman–Crippen MR) is 77.4 cm³/mol. The minimum absolute atomic E-state index is 0.0340. The van der Waals surface area contributed by atoms with Gasteiger partial charge in [0.1, 0.15) is 0 Å². The topological polar surface area (TPSA) is 41.6 Å². The molecule has 0 spiro atoms. The molecule has 2 bridgehead atoms. The van der Waals surface area contributed by atoms with Gasteiger partial charge in [-0.05, 0) is 18.4 Å². The van der Waals surface area contributed by atoms with Gasteiger partial charge in [-0.25, -0.2) is 0 Å². The highest BCUT2D eigenvalue weighted by Crippen LogP contribution is 2.32. The van der Waals surface area contributed by atoms with Crippen molar-refractivity contribution in [3.05, 3.63) is 35.9 Å². The maximum Gasteiger partial charge on any atom is 0.225 e. The SMILES string of the molecule is CNC(=O)[C@@H]1C[C@H]2CN(CCc3ccccc3)C[C@H]1O2. The number of amides is 1. The highest BCUT2D eigenvalue weighted by atomic mass is 16.5. The van der Waals surface area contributed by atoms with Crippen LogP contribution in [0.2, 0.25) is 0 Å². The summed E-state index contributed by atoms with van der Waals surface area (Å²) in [5.41, 5.74) is 1.37. The van der Waals surface area contributed by atoms with Gasteiger partial charge in [0, 0.05) is 26.7 Å². The molecule has 2 aliphatic rings.